The summed E-state index contributed by atoms with van der Waals surface area (Å²) in [4.78, 5) is 24.3. The van der Waals surface area contributed by atoms with Crippen molar-refractivity contribution in [1.82, 2.24) is 14.5 Å². The highest BCUT2D eigenvalue weighted by Crippen LogP contribution is 2.21. The Morgan fingerprint density at radius 3 is 2.68 bits per heavy atom. The van der Waals surface area contributed by atoms with Gasteiger partial charge in [0, 0.05) is 19.8 Å². The van der Waals surface area contributed by atoms with Crippen LogP contribution < -0.4 is 5.32 Å². The normalized spacial score (nSPS) is 11.1. The van der Waals surface area contributed by atoms with Crippen molar-refractivity contribution in [1.29, 1.82) is 0 Å². The van der Waals surface area contributed by atoms with Gasteiger partial charge in [0.2, 0.25) is 5.91 Å². The lowest BCUT2D eigenvalue weighted by molar-refractivity contribution is -0.121. The summed E-state index contributed by atoms with van der Waals surface area (Å²) in [5.74, 6) is -0.517. The number of rotatable bonds is 6. The first-order valence-corrected chi connectivity index (χ1v) is 7.56. The van der Waals surface area contributed by atoms with E-state index in [-0.39, 0.29) is 18.6 Å². The maximum absolute atomic E-state index is 12.3. The molecule has 0 fully saturated rings. The van der Waals surface area contributed by atoms with E-state index in [1.165, 1.54) is 0 Å². The minimum Gasteiger partial charge on any atom is -0.458 e. The third kappa shape index (κ3) is 3.32. The number of fused-ring (bicyclic) bond motifs is 1. The van der Waals surface area contributed by atoms with Gasteiger partial charge in [-0.25, -0.2) is 4.79 Å². The molecule has 6 nitrogen and oxygen atoms in total. The summed E-state index contributed by atoms with van der Waals surface area (Å²) in [6.07, 6.45) is 2.58. The van der Waals surface area contributed by atoms with Gasteiger partial charge in [0.05, 0.1) is 17.1 Å². The lowest BCUT2D eigenvalue weighted by atomic mass is 10.4. The Hall–Kier alpha value is -2.24. The van der Waals surface area contributed by atoms with E-state index in [0.717, 1.165) is 17.5 Å². The number of hydrogen-bond acceptors (Lipinski definition) is 3. The van der Waals surface area contributed by atoms with Crippen molar-refractivity contribution in [2.24, 2.45) is 7.05 Å². The van der Waals surface area contributed by atoms with Gasteiger partial charge in [0.25, 0.3) is 0 Å². The smallest absolute Gasteiger partial charge is 0.355 e. The average Bonchev–Trinajstić information content (AvgIpc) is 2.97. The van der Waals surface area contributed by atoms with Crippen LogP contribution in [0.2, 0.25) is 0 Å². The summed E-state index contributed by atoms with van der Waals surface area (Å²) in [6, 6.07) is 3.67. The molecule has 2 aromatic rings. The molecule has 1 N–H and O–H groups in total. The zero-order valence-corrected chi connectivity index (χ0v) is 13.5. The maximum Gasteiger partial charge on any atom is 0.355 e. The van der Waals surface area contributed by atoms with Crippen LogP contribution in [0.15, 0.2) is 18.3 Å². The second-order valence-electron chi connectivity index (χ2n) is 5.62. The van der Waals surface area contributed by atoms with Crippen LogP contribution in [0.4, 0.5) is 0 Å². The number of aromatic nitrogens is 2. The molecule has 0 saturated heterocycles. The van der Waals surface area contributed by atoms with Crippen molar-refractivity contribution in [2.75, 3.05) is 6.54 Å². The first-order valence-electron chi connectivity index (χ1n) is 7.56. The van der Waals surface area contributed by atoms with Crippen LogP contribution in [0.1, 0.15) is 37.7 Å². The van der Waals surface area contributed by atoms with Crippen molar-refractivity contribution < 1.29 is 14.3 Å². The number of esters is 1. The summed E-state index contributed by atoms with van der Waals surface area (Å²) in [5.41, 5.74) is 2.16. The Morgan fingerprint density at radius 1 is 1.32 bits per heavy atom. The quantitative estimate of drug-likeness (QED) is 0.831. The van der Waals surface area contributed by atoms with Crippen LogP contribution in [-0.4, -0.2) is 33.7 Å². The van der Waals surface area contributed by atoms with E-state index in [1.54, 1.807) is 24.5 Å². The standard InChI is InChI=1S/C16H23N3O3/c1-5-7-17-15(20)10-19-12-6-8-18(4)13(12)9-14(19)16(21)22-11(2)3/h6,8-9,11H,5,7,10H2,1-4H3,(H,17,20). The van der Waals surface area contributed by atoms with E-state index < -0.39 is 5.97 Å². The topological polar surface area (TPSA) is 65.3 Å². The SMILES string of the molecule is CCCNC(=O)Cn1c(C(=O)OC(C)C)cc2c1ccn2C. The molecule has 0 aliphatic rings. The summed E-state index contributed by atoms with van der Waals surface area (Å²) < 4.78 is 8.91. The minimum absolute atomic E-state index is 0.107. The van der Waals surface area contributed by atoms with Gasteiger partial charge in [-0.15, -0.1) is 0 Å². The molecule has 2 rings (SSSR count). The molecule has 0 bridgehead atoms. The van der Waals surface area contributed by atoms with Gasteiger partial charge in [-0.3, -0.25) is 4.79 Å². The van der Waals surface area contributed by atoms with Crippen LogP contribution in [-0.2, 0) is 23.1 Å². The molecule has 0 aromatic carbocycles. The third-order valence-corrected chi connectivity index (χ3v) is 3.38. The molecule has 1 amide bonds. The number of nitrogens with zero attached hydrogens (tertiary/aromatic N) is 2. The minimum atomic E-state index is -0.408. The van der Waals surface area contributed by atoms with Gasteiger partial charge >= 0.3 is 5.97 Å². The van der Waals surface area contributed by atoms with Crippen molar-refractivity contribution in [3.05, 3.63) is 24.0 Å². The lowest BCUT2D eigenvalue weighted by Gasteiger charge is -2.12. The van der Waals surface area contributed by atoms with Crippen LogP contribution >= 0.6 is 0 Å². The fourth-order valence-electron chi connectivity index (χ4n) is 2.35. The van der Waals surface area contributed by atoms with E-state index in [0.29, 0.717) is 12.2 Å². The molecule has 0 aliphatic carbocycles. The number of nitrogens with one attached hydrogen (secondary N) is 1. The highest BCUT2D eigenvalue weighted by molar-refractivity contribution is 5.96. The number of carbonyl (C=O) groups is 2. The van der Waals surface area contributed by atoms with E-state index in [2.05, 4.69) is 5.32 Å². The predicted octanol–water partition coefficient (Wildman–Crippen LogP) is 2.07. The average molecular weight is 305 g/mol. The summed E-state index contributed by atoms with van der Waals surface area (Å²) in [5, 5.41) is 2.83. The van der Waals surface area contributed by atoms with Crippen molar-refractivity contribution >= 4 is 22.9 Å². The van der Waals surface area contributed by atoms with Gasteiger partial charge in [-0.05, 0) is 32.4 Å². The van der Waals surface area contributed by atoms with Crippen LogP contribution in [0.5, 0.6) is 0 Å². The van der Waals surface area contributed by atoms with Gasteiger partial charge in [-0.2, -0.15) is 0 Å². The second-order valence-corrected chi connectivity index (χ2v) is 5.62. The molecule has 2 aromatic heterocycles. The molecule has 6 heteroatoms. The predicted molar refractivity (Wildman–Crippen MR) is 84.8 cm³/mol. The van der Waals surface area contributed by atoms with Crippen molar-refractivity contribution in [3.8, 4) is 0 Å². The zero-order chi connectivity index (χ0) is 16.3. The molecular weight excluding hydrogens is 282 g/mol. The first kappa shape index (κ1) is 16.1. The highest BCUT2D eigenvalue weighted by Gasteiger charge is 2.20. The van der Waals surface area contributed by atoms with E-state index in [9.17, 15) is 9.59 Å². The number of aryl methyl sites for hydroxylation is 1. The molecular formula is C16H23N3O3. The Bertz CT molecular complexity index is 682. The number of ether oxygens (including phenoxy) is 1. The van der Waals surface area contributed by atoms with Crippen molar-refractivity contribution in [3.63, 3.8) is 0 Å². The summed E-state index contributed by atoms with van der Waals surface area (Å²) >= 11 is 0. The fourth-order valence-corrected chi connectivity index (χ4v) is 2.35. The molecule has 0 spiro atoms. The molecule has 0 atom stereocenters. The van der Waals surface area contributed by atoms with Crippen LogP contribution in [0.3, 0.4) is 0 Å². The zero-order valence-electron chi connectivity index (χ0n) is 13.5. The number of carbonyl (C=O) groups excluding carboxylic acids is 2. The number of amides is 1. The van der Waals surface area contributed by atoms with E-state index in [1.807, 2.05) is 30.8 Å². The second kappa shape index (κ2) is 6.68. The molecule has 0 radical (unpaired) electrons. The third-order valence-electron chi connectivity index (χ3n) is 3.38. The molecule has 0 aliphatic heterocycles. The van der Waals surface area contributed by atoms with Gasteiger partial charge in [0.15, 0.2) is 0 Å². The van der Waals surface area contributed by atoms with Gasteiger partial charge in [-0.1, -0.05) is 6.92 Å². The highest BCUT2D eigenvalue weighted by atomic mass is 16.5. The number of hydrogen-bond donors (Lipinski definition) is 1. The fraction of sp³-hybridized carbons (Fsp3) is 0.500. The van der Waals surface area contributed by atoms with Crippen LogP contribution in [0, 0.1) is 0 Å². The Balaban J connectivity index is 2.35. The molecule has 2 heterocycles. The molecule has 0 unspecified atom stereocenters. The van der Waals surface area contributed by atoms with Crippen molar-refractivity contribution in [2.45, 2.75) is 39.8 Å². The van der Waals surface area contributed by atoms with Crippen LogP contribution in [0.25, 0.3) is 11.0 Å². The maximum atomic E-state index is 12.3. The van der Waals surface area contributed by atoms with Gasteiger partial charge in [0.1, 0.15) is 12.2 Å². The Morgan fingerprint density at radius 2 is 2.05 bits per heavy atom. The van der Waals surface area contributed by atoms with E-state index >= 15 is 0 Å². The largest absolute Gasteiger partial charge is 0.458 e. The lowest BCUT2D eigenvalue weighted by Crippen LogP contribution is -2.29. The Labute approximate surface area is 130 Å². The van der Waals surface area contributed by atoms with E-state index in [4.69, 9.17) is 4.74 Å². The molecule has 120 valence electrons. The van der Waals surface area contributed by atoms with Gasteiger partial charge < -0.3 is 19.2 Å². The summed E-state index contributed by atoms with van der Waals surface area (Å²) in [7, 11) is 1.90. The Kier molecular flexibility index (Phi) is 4.90. The summed E-state index contributed by atoms with van der Waals surface area (Å²) in [6.45, 7) is 6.34. The molecule has 0 saturated carbocycles. The monoisotopic (exact) mass is 305 g/mol. The first-order chi connectivity index (χ1) is 10.4. The molecule has 22 heavy (non-hydrogen) atoms.